The maximum absolute atomic E-state index is 13.5. The van der Waals surface area contributed by atoms with E-state index in [0.29, 0.717) is 0 Å². The van der Waals surface area contributed by atoms with Crippen LogP contribution in [-0.2, 0) is 35.4 Å². The number of sulfone groups is 1. The molecule has 118 valence electrons. The largest absolute Gasteiger partial charge is 0.330 e. The van der Waals surface area contributed by atoms with E-state index in [-0.39, 0.29) is 11.3 Å². The maximum Gasteiger partial charge on any atom is 0.330 e. The van der Waals surface area contributed by atoms with E-state index in [1.807, 2.05) is 0 Å². The van der Waals surface area contributed by atoms with E-state index in [9.17, 15) is 22.4 Å². The fourth-order valence-corrected chi connectivity index (χ4v) is 3.58. The number of rotatable bonds is 4. The van der Waals surface area contributed by atoms with Crippen molar-refractivity contribution in [2.45, 2.75) is 11.5 Å². The zero-order valence-corrected chi connectivity index (χ0v) is 12.9. The normalized spacial score (nSPS) is 11.6. The Bertz CT molecular complexity index is 929. The quantitative estimate of drug-likeness (QED) is 0.811. The first-order chi connectivity index (χ1) is 10.2. The van der Waals surface area contributed by atoms with Crippen molar-refractivity contribution in [3.05, 3.63) is 68.2 Å². The molecule has 0 aliphatic rings. The highest BCUT2D eigenvalue weighted by Crippen LogP contribution is 2.13. The first kappa shape index (κ1) is 16.2. The lowest BCUT2D eigenvalue weighted by molar-refractivity contribution is 0.582. The minimum Gasteiger partial charge on any atom is -0.300 e. The molecule has 1 heterocycles. The molecule has 0 saturated carbocycles. The Morgan fingerprint density at radius 1 is 1.05 bits per heavy atom. The van der Waals surface area contributed by atoms with Crippen LogP contribution in [0.1, 0.15) is 11.3 Å². The predicted molar refractivity (Wildman–Crippen MR) is 79.7 cm³/mol. The minimum atomic E-state index is -3.73. The lowest BCUT2D eigenvalue weighted by Crippen LogP contribution is -2.38. The van der Waals surface area contributed by atoms with Gasteiger partial charge < -0.3 is 0 Å². The van der Waals surface area contributed by atoms with E-state index in [1.165, 1.54) is 32.3 Å². The van der Waals surface area contributed by atoms with E-state index < -0.39 is 38.4 Å². The molecule has 1 aromatic carbocycles. The Balaban J connectivity index is 2.37. The SMILES string of the molecule is Cn1c(CS(=O)(=O)Cc2ccccc2F)cc(=O)n(C)c1=O. The van der Waals surface area contributed by atoms with Crippen LogP contribution in [-0.4, -0.2) is 17.6 Å². The average molecular weight is 326 g/mol. The molecule has 0 atom stereocenters. The van der Waals surface area contributed by atoms with Gasteiger partial charge in [-0.15, -0.1) is 0 Å². The summed E-state index contributed by atoms with van der Waals surface area (Å²) in [6.07, 6.45) is 0. The maximum atomic E-state index is 13.5. The second-order valence-corrected chi connectivity index (χ2v) is 7.06. The molecule has 0 aliphatic carbocycles. The highest BCUT2D eigenvalue weighted by molar-refractivity contribution is 7.89. The van der Waals surface area contributed by atoms with Gasteiger partial charge in [0.05, 0.1) is 11.5 Å². The zero-order valence-electron chi connectivity index (χ0n) is 12.1. The Labute approximate surface area is 126 Å². The summed E-state index contributed by atoms with van der Waals surface area (Å²) in [7, 11) is -1.03. The van der Waals surface area contributed by atoms with Crippen LogP contribution in [0.5, 0.6) is 0 Å². The second-order valence-electron chi connectivity index (χ2n) is 5.00. The van der Waals surface area contributed by atoms with Crippen LogP contribution in [0.2, 0.25) is 0 Å². The van der Waals surface area contributed by atoms with Gasteiger partial charge in [-0.2, -0.15) is 0 Å². The molecular formula is C14H15FN2O4S. The summed E-state index contributed by atoms with van der Waals surface area (Å²) in [4.78, 5) is 23.4. The van der Waals surface area contributed by atoms with Crippen LogP contribution in [0.15, 0.2) is 39.9 Å². The van der Waals surface area contributed by atoms with E-state index in [2.05, 4.69) is 0 Å². The van der Waals surface area contributed by atoms with Crippen LogP contribution < -0.4 is 11.2 Å². The van der Waals surface area contributed by atoms with Gasteiger partial charge in [0.25, 0.3) is 5.56 Å². The minimum absolute atomic E-state index is 0.0522. The van der Waals surface area contributed by atoms with Crippen molar-refractivity contribution in [2.75, 3.05) is 0 Å². The van der Waals surface area contributed by atoms with Crippen LogP contribution in [0, 0.1) is 5.82 Å². The monoisotopic (exact) mass is 326 g/mol. The van der Waals surface area contributed by atoms with Crippen molar-refractivity contribution in [3.8, 4) is 0 Å². The molecule has 0 radical (unpaired) electrons. The van der Waals surface area contributed by atoms with Crippen LogP contribution in [0.4, 0.5) is 4.39 Å². The Morgan fingerprint density at radius 3 is 2.32 bits per heavy atom. The van der Waals surface area contributed by atoms with Gasteiger partial charge in [-0.1, -0.05) is 18.2 Å². The number of nitrogens with zero attached hydrogens (tertiary/aromatic N) is 2. The fraction of sp³-hybridized carbons (Fsp3) is 0.286. The first-order valence-corrected chi connectivity index (χ1v) is 8.23. The smallest absolute Gasteiger partial charge is 0.300 e. The molecule has 0 bridgehead atoms. The Morgan fingerprint density at radius 2 is 1.68 bits per heavy atom. The van der Waals surface area contributed by atoms with Gasteiger partial charge in [-0.3, -0.25) is 13.9 Å². The summed E-state index contributed by atoms with van der Waals surface area (Å²) in [5, 5.41) is 0. The number of benzene rings is 1. The second kappa shape index (κ2) is 5.88. The van der Waals surface area contributed by atoms with E-state index in [0.717, 1.165) is 15.2 Å². The molecule has 8 heteroatoms. The highest BCUT2D eigenvalue weighted by atomic mass is 32.2. The van der Waals surface area contributed by atoms with Gasteiger partial charge in [0.15, 0.2) is 9.84 Å². The summed E-state index contributed by atoms with van der Waals surface area (Å²) >= 11 is 0. The van der Waals surface area contributed by atoms with E-state index in [1.54, 1.807) is 6.07 Å². The molecule has 0 N–H and O–H groups in total. The molecule has 2 rings (SSSR count). The molecule has 0 amide bonds. The molecule has 0 unspecified atom stereocenters. The molecule has 2 aromatic rings. The number of halogens is 1. The van der Waals surface area contributed by atoms with Gasteiger partial charge in [0.2, 0.25) is 0 Å². The van der Waals surface area contributed by atoms with Crippen LogP contribution in [0.3, 0.4) is 0 Å². The summed E-state index contributed by atoms with van der Waals surface area (Å²) in [6, 6.07) is 6.67. The highest BCUT2D eigenvalue weighted by Gasteiger charge is 2.18. The van der Waals surface area contributed by atoms with Gasteiger partial charge in [0, 0.05) is 31.4 Å². The standard InChI is InChI=1S/C14H15FN2O4S/c1-16-11(7-13(18)17(2)14(16)19)9-22(20,21)8-10-5-3-4-6-12(10)15/h3-7H,8-9H2,1-2H3. The van der Waals surface area contributed by atoms with Crippen molar-refractivity contribution in [3.63, 3.8) is 0 Å². The Kier molecular flexibility index (Phi) is 4.32. The predicted octanol–water partition coefficient (Wildman–Crippen LogP) is 0.338. The van der Waals surface area contributed by atoms with Gasteiger partial charge in [-0.25, -0.2) is 17.6 Å². The topological polar surface area (TPSA) is 78.1 Å². The lowest BCUT2D eigenvalue weighted by atomic mass is 10.2. The van der Waals surface area contributed by atoms with Crippen molar-refractivity contribution in [1.82, 2.24) is 9.13 Å². The number of aromatic nitrogens is 2. The summed E-state index contributed by atoms with van der Waals surface area (Å²) in [5.74, 6) is -1.62. The third kappa shape index (κ3) is 3.33. The third-order valence-electron chi connectivity index (χ3n) is 3.33. The van der Waals surface area contributed by atoms with Crippen molar-refractivity contribution in [1.29, 1.82) is 0 Å². The van der Waals surface area contributed by atoms with Crippen molar-refractivity contribution < 1.29 is 12.8 Å². The van der Waals surface area contributed by atoms with Crippen molar-refractivity contribution in [2.24, 2.45) is 14.1 Å². The van der Waals surface area contributed by atoms with E-state index in [4.69, 9.17) is 0 Å². The third-order valence-corrected chi connectivity index (χ3v) is 4.81. The molecule has 0 fully saturated rings. The number of hydrogen-bond acceptors (Lipinski definition) is 4. The van der Waals surface area contributed by atoms with Gasteiger partial charge in [-0.05, 0) is 6.07 Å². The van der Waals surface area contributed by atoms with Gasteiger partial charge in [0.1, 0.15) is 5.82 Å². The molecular weight excluding hydrogens is 311 g/mol. The lowest BCUT2D eigenvalue weighted by Gasteiger charge is -2.10. The molecule has 0 aliphatic heterocycles. The fourth-order valence-electron chi connectivity index (χ4n) is 2.05. The summed E-state index contributed by atoms with van der Waals surface area (Å²) < 4.78 is 39.9. The molecule has 1 aromatic heterocycles. The molecule has 6 nitrogen and oxygen atoms in total. The average Bonchev–Trinajstić information content (AvgIpc) is 2.44. The van der Waals surface area contributed by atoms with Crippen LogP contribution >= 0.6 is 0 Å². The first-order valence-electron chi connectivity index (χ1n) is 6.41. The number of hydrogen-bond donors (Lipinski definition) is 0. The Hall–Kier alpha value is -2.22. The summed E-state index contributed by atoms with van der Waals surface area (Å²) in [5.41, 5.74) is -1.07. The summed E-state index contributed by atoms with van der Waals surface area (Å²) in [6.45, 7) is 0. The van der Waals surface area contributed by atoms with E-state index >= 15 is 0 Å². The molecule has 0 spiro atoms. The molecule has 22 heavy (non-hydrogen) atoms. The van der Waals surface area contributed by atoms with Crippen molar-refractivity contribution >= 4 is 9.84 Å². The van der Waals surface area contributed by atoms with Crippen LogP contribution in [0.25, 0.3) is 0 Å². The van der Waals surface area contributed by atoms with Gasteiger partial charge >= 0.3 is 5.69 Å². The molecule has 0 saturated heterocycles. The zero-order chi connectivity index (χ0) is 16.5.